The van der Waals surface area contributed by atoms with Gasteiger partial charge in [-0.3, -0.25) is 4.79 Å². The van der Waals surface area contributed by atoms with Gasteiger partial charge in [-0.1, -0.05) is 11.6 Å². The van der Waals surface area contributed by atoms with E-state index in [1.54, 1.807) is 41.2 Å². The predicted octanol–water partition coefficient (Wildman–Crippen LogP) is 4.58. The van der Waals surface area contributed by atoms with E-state index >= 15 is 0 Å². The number of ketones is 1. The second-order valence-corrected chi connectivity index (χ2v) is 7.73. The minimum absolute atomic E-state index is 0.120. The lowest BCUT2D eigenvalue weighted by molar-refractivity contribution is 0.0476. The predicted molar refractivity (Wildman–Crippen MR) is 106 cm³/mol. The summed E-state index contributed by atoms with van der Waals surface area (Å²) in [7, 11) is 0. The summed E-state index contributed by atoms with van der Waals surface area (Å²) in [5.74, 6) is -0.447. The van der Waals surface area contributed by atoms with Gasteiger partial charge < -0.3 is 4.74 Å². The molecule has 6 nitrogen and oxygen atoms in total. The molecule has 2 heterocycles. The van der Waals surface area contributed by atoms with Gasteiger partial charge in [-0.2, -0.15) is 5.10 Å². The third-order valence-electron chi connectivity index (χ3n) is 4.79. The van der Waals surface area contributed by atoms with E-state index in [4.69, 9.17) is 21.3 Å². The zero-order valence-corrected chi connectivity index (χ0v) is 16.4. The summed E-state index contributed by atoms with van der Waals surface area (Å²) < 4.78 is 7.12. The maximum absolute atomic E-state index is 12.8. The summed E-state index contributed by atoms with van der Waals surface area (Å²) in [5, 5.41) is 5.56. The number of fused-ring (bicyclic) bond motifs is 1. The van der Waals surface area contributed by atoms with Crippen LogP contribution >= 0.6 is 11.6 Å². The molecular weight excluding hydrogens is 378 g/mol. The van der Waals surface area contributed by atoms with Crippen LogP contribution in [0.2, 0.25) is 5.02 Å². The van der Waals surface area contributed by atoms with Crippen LogP contribution in [0.4, 0.5) is 0 Å². The summed E-state index contributed by atoms with van der Waals surface area (Å²) in [5.41, 5.74) is 2.41. The Morgan fingerprint density at radius 2 is 1.96 bits per heavy atom. The molecule has 4 rings (SSSR count). The van der Waals surface area contributed by atoms with Crippen LogP contribution in [0.3, 0.4) is 0 Å². The molecule has 1 aliphatic rings. The minimum atomic E-state index is -0.542. The first-order chi connectivity index (χ1) is 13.4. The lowest BCUT2D eigenvalue weighted by atomic mass is 10.1. The van der Waals surface area contributed by atoms with E-state index in [-0.39, 0.29) is 18.4 Å². The molecule has 144 valence electrons. The molecule has 0 aliphatic heterocycles. The number of halogens is 1. The maximum atomic E-state index is 12.8. The van der Waals surface area contributed by atoms with Crippen molar-refractivity contribution in [2.45, 2.75) is 38.6 Å². The SMILES string of the molecule is CC(C)n1ncc2c(C(=O)OCC(=O)c3ccc(Cl)cc3)cc(C3CC3)nc21. The topological polar surface area (TPSA) is 74.1 Å². The minimum Gasteiger partial charge on any atom is -0.454 e. The zero-order valence-electron chi connectivity index (χ0n) is 15.7. The number of Topliss-reactive ketones (excluding diaryl/α,β-unsaturated/α-hetero) is 1. The summed E-state index contributed by atoms with van der Waals surface area (Å²) in [6.45, 7) is 3.70. The summed E-state index contributed by atoms with van der Waals surface area (Å²) in [4.78, 5) is 29.8. The van der Waals surface area contributed by atoms with E-state index in [1.165, 1.54) is 0 Å². The van der Waals surface area contributed by atoms with Crippen LogP contribution in [0.15, 0.2) is 36.5 Å². The number of carbonyl (C=O) groups is 2. The molecule has 1 saturated carbocycles. The average Bonchev–Trinajstić information content (AvgIpc) is 3.44. The molecule has 0 amide bonds. The molecule has 2 aromatic heterocycles. The van der Waals surface area contributed by atoms with Crippen molar-refractivity contribution in [3.8, 4) is 0 Å². The van der Waals surface area contributed by atoms with E-state index in [0.29, 0.717) is 33.1 Å². The van der Waals surface area contributed by atoms with Crippen molar-refractivity contribution in [2.24, 2.45) is 0 Å². The van der Waals surface area contributed by atoms with Crippen molar-refractivity contribution in [1.82, 2.24) is 14.8 Å². The van der Waals surface area contributed by atoms with Gasteiger partial charge in [0, 0.05) is 28.2 Å². The molecule has 0 saturated heterocycles. The quantitative estimate of drug-likeness (QED) is 0.449. The first kappa shape index (κ1) is 18.6. The molecule has 3 aromatic rings. The van der Waals surface area contributed by atoms with E-state index < -0.39 is 5.97 Å². The Hall–Kier alpha value is -2.73. The van der Waals surface area contributed by atoms with Gasteiger partial charge >= 0.3 is 5.97 Å². The van der Waals surface area contributed by atoms with Crippen LogP contribution < -0.4 is 0 Å². The number of aromatic nitrogens is 3. The number of esters is 1. The van der Waals surface area contributed by atoms with Gasteiger partial charge in [-0.15, -0.1) is 0 Å². The fourth-order valence-electron chi connectivity index (χ4n) is 3.10. The Bertz CT molecular complexity index is 1050. The van der Waals surface area contributed by atoms with Gasteiger partial charge in [-0.25, -0.2) is 14.5 Å². The summed E-state index contributed by atoms with van der Waals surface area (Å²) in [6.07, 6.45) is 3.77. The molecule has 0 bridgehead atoms. The second kappa shape index (κ2) is 7.36. The monoisotopic (exact) mass is 397 g/mol. The van der Waals surface area contributed by atoms with E-state index in [2.05, 4.69) is 5.10 Å². The zero-order chi connectivity index (χ0) is 19.8. The molecular formula is C21H20ClN3O3. The van der Waals surface area contributed by atoms with Gasteiger partial charge in [0.1, 0.15) is 0 Å². The van der Waals surface area contributed by atoms with Crippen LogP contribution in [0.25, 0.3) is 11.0 Å². The second-order valence-electron chi connectivity index (χ2n) is 7.30. The molecule has 0 unspecified atom stereocenters. The molecule has 1 aliphatic carbocycles. The third kappa shape index (κ3) is 3.64. The first-order valence-electron chi connectivity index (χ1n) is 9.28. The summed E-state index contributed by atoms with van der Waals surface area (Å²) in [6, 6.07) is 8.38. The van der Waals surface area contributed by atoms with Crippen LogP contribution in [0, 0.1) is 0 Å². The number of benzene rings is 1. The van der Waals surface area contributed by atoms with Crippen molar-refractivity contribution in [3.63, 3.8) is 0 Å². The van der Waals surface area contributed by atoms with E-state index in [1.807, 2.05) is 13.8 Å². The molecule has 1 fully saturated rings. The lowest BCUT2D eigenvalue weighted by Crippen LogP contribution is -2.15. The molecule has 0 spiro atoms. The molecule has 28 heavy (non-hydrogen) atoms. The van der Waals surface area contributed by atoms with Crippen LogP contribution in [-0.4, -0.2) is 33.1 Å². The highest BCUT2D eigenvalue weighted by Gasteiger charge is 2.28. The first-order valence-corrected chi connectivity index (χ1v) is 9.66. The Morgan fingerprint density at radius 3 is 2.61 bits per heavy atom. The van der Waals surface area contributed by atoms with Crippen molar-refractivity contribution in [3.05, 3.63) is 58.4 Å². The molecule has 1 aromatic carbocycles. The number of ether oxygens (including phenoxy) is 1. The van der Waals surface area contributed by atoms with Crippen molar-refractivity contribution in [1.29, 1.82) is 0 Å². The van der Waals surface area contributed by atoms with Gasteiger partial charge in [0.25, 0.3) is 0 Å². The molecule has 7 heteroatoms. The van der Waals surface area contributed by atoms with Crippen LogP contribution in [-0.2, 0) is 4.74 Å². The Kier molecular flexibility index (Phi) is 4.89. The molecule has 0 radical (unpaired) electrons. The standard InChI is InChI=1S/C21H20ClN3O3/c1-12(2)25-20-17(10-23-25)16(9-18(24-20)13-3-4-13)21(27)28-11-19(26)14-5-7-15(22)8-6-14/h5-10,12-13H,3-4,11H2,1-2H3. The number of hydrogen-bond donors (Lipinski definition) is 0. The molecule has 0 N–H and O–H groups in total. The van der Waals surface area contributed by atoms with Crippen molar-refractivity contribution >= 4 is 34.4 Å². The lowest BCUT2D eigenvalue weighted by Gasteiger charge is -2.10. The number of nitrogens with zero attached hydrogens (tertiary/aromatic N) is 3. The fourth-order valence-corrected chi connectivity index (χ4v) is 3.23. The largest absolute Gasteiger partial charge is 0.454 e. The highest BCUT2D eigenvalue weighted by Crippen LogP contribution is 2.40. The smallest absolute Gasteiger partial charge is 0.339 e. The molecule has 0 atom stereocenters. The van der Waals surface area contributed by atoms with Gasteiger partial charge in [0.15, 0.2) is 18.0 Å². The Labute approximate surface area is 167 Å². The normalized spacial score (nSPS) is 13.9. The summed E-state index contributed by atoms with van der Waals surface area (Å²) >= 11 is 5.84. The van der Waals surface area contributed by atoms with Gasteiger partial charge in [0.2, 0.25) is 0 Å². The Balaban J connectivity index is 1.59. The van der Waals surface area contributed by atoms with E-state index in [0.717, 1.165) is 18.5 Å². The third-order valence-corrected chi connectivity index (χ3v) is 5.04. The number of rotatable bonds is 6. The van der Waals surface area contributed by atoms with E-state index in [9.17, 15) is 9.59 Å². The van der Waals surface area contributed by atoms with Gasteiger partial charge in [0.05, 0.1) is 17.1 Å². The highest BCUT2D eigenvalue weighted by atomic mass is 35.5. The van der Waals surface area contributed by atoms with Crippen molar-refractivity contribution < 1.29 is 14.3 Å². The Morgan fingerprint density at radius 1 is 1.25 bits per heavy atom. The average molecular weight is 398 g/mol. The maximum Gasteiger partial charge on any atom is 0.339 e. The highest BCUT2D eigenvalue weighted by molar-refractivity contribution is 6.30. The number of carbonyl (C=O) groups excluding carboxylic acids is 2. The van der Waals surface area contributed by atoms with Gasteiger partial charge in [-0.05, 0) is 57.0 Å². The van der Waals surface area contributed by atoms with Crippen LogP contribution in [0.1, 0.15) is 65.1 Å². The number of pyridine rings is 1. The van der Waals surface area contributed by atoms with Crippen molar-refractivity contribution in [2.75, 3.05) is 6.61 Å². The number of hydrogen-bond acceptors (Lipinski definition) is 5. The van der Waals surface area contributed by atoms with Crippen LogP contribution in [0.5, 0.6) is 0 Å². The fraction of sp³-hybridized carbons (Fsp3) is 0.333.